The van der Waals surface area contributed by atoms with Gasteiger partial charge >= 0.3 is 0 Å². The Kier molecular flexibility index (Phi) is 3.94. The Morgan fingerprint density at radius 2 is 2.04 bits per heavy atom. The Bertz CT molecular complexity index is 1290. The van der Waals surface area contributed by atoms with Crippen LogP contribution in [0.5, 0.6) is 0 Å². The van der Waals surface area contributed by atoms with E-state index in [4.69, 9.17) is 11.6 Å². The molecule has 6 nitrogen and oxygen atoms in total. The second-order valence-corrected chi connectivity index (χ2v) is 7.47. The lowest BCUT2D eigenvalue weighted by atomic mass is 10.0. The van der Waals surface area contributed by atoms with E-state index in [9.17, 15) is 9.59 Å². The SMILES string of the molecule is O=C(Cn1cnc2ccc(Cl)cc2c1=O)N1CCc2[nH]c3ccccc3c2C1. The third-order valence-corrected chi connectivity index (χ3v) is 5.56. The van der Waals surface area contributed by atoms with Gasteiger partial charge in [-0.2, -0.15) is 0 Å². The average Bonchev–Trinajstić information content (AvgIpc) is 3.08. The number of nitrogens with zero attached hydrogens (tertiary/aromatic N) is 3. The molecular formula is C21H17ClN4O2. The number of halogens is 1. The van der Waals surface area contributed by atoms with Crippen LogP contribution in [0.25, 0.3) is 21.8 Å². The molecule has 2 aromatic heterocycles. The summed E-state index contributed by atoms with van der Waals surface area (Å²) in [4.78, 5) is 35.1. The largest absolute Gasteiger partial charge is 0.358 e. The van der Waals surface area contributed by atoms with Crippen molar-refractivity contribution < 1.29 is 4.79 Å². The third-order valence-electron chi connectivity index (χ3n) is 5.33. The fourth-order valence-electron chi connectivity index (χ4n) is 3.87. The van der Waals surface area contributed by atoms with Crippen LogP contribution in [0.3, 0.4) is 0 Å². The molecule has 3 heterocycles. The topological polar surface area (TPSA) is 71.0 Å². The average molecular weight is 393 g/mol. The van der Waals surface area contributed by atoms with Gasteiger partial charge in [-0.15, -0.1) is 0 Å². The maximum Gasteiger partial charge on any atom is 0.261 e. The van der Waals surface area contributed by atoms with Gasteiger partial charge in [-0.3, -0.25) is 14.2 Å². The molecule has 0 atom stereocenters. The van der Waals surface area contributed by atoms with E-state index < -0.39 is 0 Å². The molecule has 28 heavy (non-hydrogen) atoms. The van der Waals surface area contributed by atoms with Crippen molar-refractivity contribution in [2.75, 3.05) is 6.54 Å². The van der Waals surface area contributed by atoms with Gasteiger partial charge in [0.05, 0.1) is 17.2 Å². The summed E-state index contributed by atoms with van der Waals surface area (Å²) >= 11 is 6.00. The molecule has 140 valence electrons. The molecule has 0 saturated heterocycles. The normalized spacial score (nSPS) is 13.8. The third kappa shape index (κ3) is 2.77. The molecule has 0 spiro atoms. The fourth-order valence-corrected chi connectivity index (χ4v) is 4.04. The van der Waals surface area contributed by atoms with Crippen LogP contribution in [0, 0.1) is 0 Å². The number of hydrogen-bond donors (Lipinski definition) is 1. The zero-order valence-electron chi connectivity index (χ0n) is 15.0. The Balaban J connectivity index is 1.43. The van der Waals surface area contributed by atoms with Gasteiger partial charge in [0.1, 0.15) is 6.54 Å². The maximum absolute atomic E-state index is 12.9. The molecule has 7 heteroatoms. The Morgan fingerprint density at radius 1 is 1.18 bits per heavy atom. The maximum atomic E-state index is 12.9. The van der Waals surface area contributed by atoms with E-state index in [1.807, 2.05) is 18.2 Å². The molecule has 1 amide bonds. The number of benzene rings is 2. The first-order chi connectivity index (χ1) is 13.6. The zero-order chi connectivity index (χ0) is 19.3. The number of aromatic amines is 1. The lowest BCUT2D eigenvalue weighted by Gasteiger charge is -2.27. The van der Waals surface area contributed by atoms with Gasteiger partial charge in [-0.1, -0.05) is 29.8 Å². The van der Waals surface area contributed by atoms with Crippen molar-refractivity contribution in [3.63, 3.8) is 0 Å². The number of fused-ring (bicyclic) bond motifs is 4. The summed E-state index contributed by atoms with van der Waals surface area (Å²) in [6.45, 7) is 1.13. The summed E-state index contributed by atoms with van der Waals surface area (Å²) in [5.41, 5.74) is 3.74. The van der Waals surface area contributed by atoms with Crippen molar-refractivity contribution >= 4 is 39.3 Å². The fraction of sp³-hybridized carbons (Fsp3) is 0.190. The van der Waals surface area contributed by atoms with Crippen LogP contribution >= 0.6 is 11.6 Å². The number of nitrogens with one attached hydrogen (secondary N) is 1. The Hall–Kier alpha value is -3.12. The summed E-state index contributed by atoms with van der Waals surface area (Å²) in [6, 6.07) is 13.1. The summed E-state index contributed by atoms with van der Waals surface area (Å²) in [5, 5.41) is 2.04. The van der Waals surface area contributed by atoms with Crippen molar-refractivity contribution in [1.82, 2.24) is 19.4 Å². The summed E-state index contributed by atoms with van der Waals surface area (Å²) < 4.78 is 1.35. The van der Waals surface area contributed by atoms with E-state index in [0.717, 1.165) is 22.9 Å². The van der Waals surface area contributed by atoms with Crippen LogP contribution in [0.15, 0.2) is 53.6 Å². The molecule has 4 aromatic rings. The molecule has 0 fully saturated rings. The van der Waals surface area contributed by atoms with E-state index in [2.05, 4.69) is 16.0 Å². The molecule has 0 aliphatic carbocycles. The Morgan fingerprint density at radius 3 is 2.93 bits per heavy atom. The molecule has 0 bridgehead atoms. The van der Waals surface area contributed by atoms with Crippen LogP contribution in [0.2, 0.25) is 5.02 Å². The molecule has 1 aliphatic heterocycles. The highest BCUT2D eigenvalue weighted by Crippen LogP contribution is 2.27. The van der Waals surface area contributed by atoms with E-state index in [1.54, 1.807) is 23.1 Å². The second kappa shape index (κ2) is 6.49. The molecule has 1 N–H and O–H groups in total. The van der Waals surface area contributed by atoms with Crippen LogP contribution in [0.1, 0.15) is 11.3 Å². The molecule has 1 aliphatic rings. The second-order valence-electron chi connectivity index (χ2n) is 7.03. The van der Waals surface area contributed by atoms with Gasteiger partial charge in [0.2, 0.25) is 5.91 Å². The molecular weight excluding hydrogens is 376 g/mol. The molecule has 0 radical (unpaired) electrons. The number of rotatable bonds is 2. The van der Waals surface area contributed by atoms with Gasteiger partial charge < -0.3 is 9.88 Å². The van der Waals surface area contributed by atoms with E-state index in [-0.39, 0.29) is 18.0 Å². The minimum absolute atomic E-state index is 0.0357. The van der Waals surface area contributed by atoms with Crippen LogP contribution < -0.4 is 5.56 Å². The Labute approximate surface area is 165 Å². The van der Waals surface area contributed by atoms with Crippen molar-refractivity contribution in [2.24, 2.45) is 0 Å². The van der Waals surface area contributed by atoms with Gasteiger partial charge in [0.25, 0.3) is 5.56 Å². The number of aromatic nitrogens is 3. The highest BCUT2D eigenvalue weighted by Gasteiger charge is 2.24. The van der Waals surface area contributed by atoms with Crippen LogP contribution in [-0.4, -0.2) is 31.9 Å². The number of hydrogen-bond acceptors (Lipinski definition) is 3. The van der Waals surface area contributed by atoms with E-state index >= 15 is 0 Å². The lowest BCUT2D eigenvalue weighted by molar-refractivity contribution is -0.132. The van der Waals surface area contributed by atoms with Gasteiger partial charge in [0, 0.05) is 46.7 Å². The van der Waals surface area contributed by atoms with Gasteiger partial charge in [-0.25, -0.2) is 4.98 Å². The summed E-state index contributed by atoms with van der Waals surface area (Å²) in [5.74, 6) is -0.0961. The van der Waals surface area contributed by atoms with E-state index in [0.29, 0.717) is 29.0 Å². The zero-order valence-corrected chi connectivity index (χ0v) is 15.7. The van der Waals surface area contributed by atoms with Crippen molar-refractivity contribution in [1.29, 1.82) is 0 Å². The van der Waals surface area contributed by atoms with Gasteiger partial charge in [-0.05, 0) is 24.3 Å². The first-order valence-electron chi connectivity index (χ1n) is 9.11. The minimum atomic E-state index is -0.259. The first kappa shape index (κ1) is 17.0. The number of carbonyl (C=O) groups excluding carboxylic acids is 1. The number of amides is 1. The van der Waals surface area contributed by atoms with E-state index in [1.165, 1.54) is 16.6 Å². The van der Waals surface area contributed by atoms with Crippen molar-refractivity contribution in [3.05, 3.63) is 75.4 Å². The monoisotopic (exact) mass is 392 g/mol. The number of H-pyrrole nitrogens is 1. The molecule has 0 unspecified atom stereocenters. The number of carbonyl (C=O) groups is 1. The van der Waals surface area contributed by atoms with Crippen LogP contribution in [-0.2, 0) is 24.3 Å². The minimum Gasteiger partial charge on any atom is -0.358 e. The van der Waals surface area contributed by atoms with Crippen molar-refractivity contribution in [2.45, 2.75) is 19.5 Å². The molecule has 5 rings (SSSR count). The van der Waals surface area contributed by atoms with Crippen molar-refractivity contribution in [3.8, 4) is 0 Å². The molecule has 2 aromatic carbocycles. The highest BCUT2D eigenvalue weighted by atomic mass is 35.5. The smallest absolute Gasteiger partial charge is 0.261 e. The quantitative estimate of drug-likeness (QED) is 0.569. The molecule has 0 saturated carbocycles. The van der Waals surface area contributed by atoms with Crippen LogP contribution in [0.4, 0.5) is 0 Å². The highest BCUT2D eigenvalue weighted by molar-refractivity contribution is 6.31. The van der Waals surface area contributed by atoms with Gasteiger partial charge in [0.15, 0.2) is 0 Å². The predicted octanol–water partition coefficient (Wildman–Crippen LogP) is 3.12. The standard InChI is InChI=1S/C21H17ClN4O2/c22-13-5-6-17-15(9-13)21(28)26(12-23-17)11-20(27)25-8-7-19-16(10-25)14-3-1-2-4-18(14)24-19/h1-6,9,12,24H,7-8,10-11H2. The lowest BCUT2D eigenvalue weighted by Crippen LogP contribution is -2.39. The predicted molar refractivity (Wildman–Crippen MR) is 108 cm³/mol. The summed E-state index contributed by atoms with van der Waals surface area (Å²) in [7, 11) is 0. The summed E-state index contributed by atoms with van der Waals surface area (Å²) in [6.07, 6.45) is 2.20. The number of para-hydroxylation sites is 1. The first-order valence-corrected chi connectivity index (χ1v) is 9.49.